The average Bonchev–Trinajstić information content (AvgIpc) is 3.08. The third-order valence-corrected chi connectivity index (χ3v) is 3.73. The van der Waals surface area contributed by atoms with Crippen molar-refractivity contribution in [3.8, 4) is 11.4 Å². The summed E-state index contributed by atoms with van der Waals surface area (Å²) >= 11 is 0. The van der Waals surface area contributed by atoms with Crippen LogP contribution in [0.2, 0.25) is 0 Å². The van der Waals surface area contributed by atoms with Gasteiger partial charge in [0.05, 0.1) is 19.3 Å². The van der Waals surface area contributed by atoms with Crippen molar-refractivity contribution in [2.45, 2.75) is 38.3 Å². The van der Waals surface area contributed by atoms with Gasteiger partial charge in [-0.3, -0.25) is 0 Å². The zero-order valence-corrected chi connectivity index (χ0v) is 11.9. The molecule has 7 nitrogen and oxygen atoms in total. The molecule has 0 amide bonds. The molecular weight excluding hydrogens is 268 g/mol. The summed E-state index contributed by atoms with van der Waals surface area (Å²) in [6.45, 7) is 1.23. The number of nitrogens with zero attached hydrogens (tertiary/aromatic N) is 4. The fraction of sp³-hybridized carbons (Fsp3) is 0.500. The van der Waals surface area contributed by atoms with Gasteiger partial charge in [-0.05, 0) is 41.5 Å². The summed E-state index contributed by atoms with van der Waals surface area (Å²) < 4.78 is 7.57. The maximum atomic E-state index is 5.85. The number of rotatable bonds is 5. The molecule has 1 aliphatic carbocycles. The fourth-order valence-corrected chi connectivity index (χ4v) is 2.73. The summed E-state index contributed by atoms with van der Waals surface area (Å²) in [5.41, 5.74) is 13.6. The van der Waals surface area contributed by atoms with E-state index >= 15 is 0 Å². The normalized spacial score (nSPS) is 15.6. The molecule has 1 aromatic heterocycles. The van der Waals surface area contributed by atoms with Crippen LogP contribution in [0.15, 0.2) is 18.2 Å². The van der Waals surface area contributed by atoms with Gasteiger partial charge >= 0.3 is 0 Å². The molecule has 1 saturated carbocycles. The van der Waals surface area contributed by atoms with Crippen LogP contribution in [0, 0.1) is 0 Å². The molecule has 0 aliphatic heterocycles. The predicted molar refractivity (Wildman–Crippen MR) is 80.3 cm³/mol. The number of hydrogen-bond acceptors (Lipinski definition) is 6. The summed E-state index contributed by atoms with van der Waals surface area (Å²) in [7, 11) is 0. The molecule has 0 spiro atoms. The molecule has 0 atom stereocenters. The number of hydrogen-bond donors (Lipinski definition) is 2. The first-order valence-electron chi connectivity index (χ1n) is 7.26. The highest BCUT2D eigenvalue weighted by atomic mass is 16.5. The van der Waals surface area contributed by atoms with Crippen molar-refractivity contribution in [3.63, 3.8) is 0 Å². The summed E-state index contributed by atoms with van der Waals surface area (Å²) in [6, 6.07) is 5.34. The molecule has 1 aromatic carbocycles. The van der Waals surface area contributed by atoms with Crippen LogP contribution in [0.5, 0.6) is 0 Å². The Bertz CT molecular complexity index is 585. The topological polar surface area (TPSA) is 105 Å². The van der Waals surface area contributed by atoms with Crippen molar-refractivity contribution in [1.29, 1.82) is 0 Å². The SMILES string of the molecule is Nc1cc(N)cc(-c2nnnn2CCOC2CCCC2)c1. The second-order valence-corrected chi connectivity index (χ2v) is 5.39. The third-order valence-electron chi connectivity index (χ3n) is 3.73. The zero-order valence-electron chi connectivity index (χ0n) is 11.9. The van der Waals surface area contributed by atoms with E-state index in [0.717, 1.165) is 18.4 Å². The Morgan fingerprint density at radius 1 is 1.14 bits per heavy atom. The number of nitrogens with two attached hydrogens (primary N) is 2. The van der Waals surface area contributed by atoms with Gasteiger partial charge < -0.3 is 16.2 Å². The predicted octanol–water partition coefficient (Wildman–Crippen LogP) is 1.46. The van der Waals surface area contributed by atoms with Crippen molar-refractivity contribution in [2.24, 2.45) is 0 Å². The molecule has 7 heteroatoms. The molecule has 2 aromatic rings. The number of benzene rings is 1. The highest BCUT2D eigenvalue weighted by Crippen LogP contribution is 2.23. The van der Waals surface area contributed by atoms with Crippen molar-refractivity contribution >= 4 is 11.4 Å². The van der Waals surface area contributed by atoms with Gasteiger partial charge in [0.25, 0.3) is 0 Å². The van der Waals surface area contributed by atoms with E-state index in [1.165, 1.54) is 12.8 Å². The molecule has 0 unspecified atom stereocenters. The maximum Gasteiger partial charge on any atom is 0.182 e. The molecular formula is C14H20N6O. The summed E-state index contributed by atoms with van der Waals surface area (Å²) in [5.74, 6) is 0.657. The Balaban J connectivity index is 1.68. The molecule has 112 valence electrons. The minimum atomic E-state index is 0.396. The molecule has 0 saturated heterocycles. The first-order valence-corrected chi connectivity index (χ1v) is 7.26. The average molecular weight is 288 g/mol. The molecule has 21 heavy (non-hydrogen) atoms. The highest BCUT2D eigenvalue weighted by Gasteiger charge is 2.16. The molecule has 1 fully saturated rings. The molecule has 4 N–H and O–H groups in total. The van der Waals surface area contributed by atoms with E-state index in [2.05, 4.69) is 15.5 Å². The molecule has 0 bridgehead atoms. The van der Waals surface area contributed by atoms with Crippen LogP contribution in [-0.2, 0) is 11.3 Å². The third kappa shape index (κ3) is 3.30. The second-order valence-electron chi connectivity index (χ2n) is 5.39. The lowest BCUT2D eigenvalue weighted by atomic mass is 10.1. The van der Waals surface area contributed by atoms with Gasteiger partial charge in [0, 0.05) is 16.9 Å². The van der Waals surface area contributed by atoms with E-state index in [9.17, 15) is 0 Å². The summed E-state index contributed by atoms with van der Waals surface area (Å²) in [4.78, 5) is 0. The van der Waals surface area contributed by atoms with Gasteiger partial charge in [0.2, 0.25) is 0 Å². The number of tetrazole rings is 1. The van der Waals surface area contributed by atoms with Gasteiger partial charge in [-0.1, -0.05) is 12.8 Å². The minimum Gasteiger partial charge on any atom is -0.399 e. The van der Waals surface area contributed by atoms with Gasteiger partial charge in [-0.25, -0.2) is 4.68 Å². The lowest BCUT2D eigenvalue weighted by Gasteiger charge is -2.11. The van der Waals surface area contributed by atoms with Crippen LogP contribution in [0.4, 0.5) is 11.4 Å². The van der Waals surface area contributed by atoms with Crippen LogP contribution in [-0.4, -0.2) is 32.9 Å². The van der Waals surface area contributed by atoms with E-state index in [-0.39, 0.29) is 0 Å². The second kappa shape index (κ2) is 6.09. The van der Waals surface area contributed by atoms with Crippen molar-refractivity contribution < 1.29 is 4.74 Å². The van der Waals surface area contributed by atoms with Crippen molar-refractivity contribution in [1.82, 2.24) is 20.2 Å². The Hall–Kier alpha value is -2.15. The Labute approximate surface area is 123 Å². The maximum absolute atomic E-state index is 5.85. The molecule has 1 heterocycles. The van der Waals surface area contributed by atoms with Gasteiger partial charge in [-0.2, -0.15) is 0 Å². The standard InChI is InChI=1S/C14H20N6O/c15-11-7-10(8-12(16)9-11)14-17-18-19-20(14)5-6-21-13-3-1-2-4-13/h7-9,13H,1-6,15-16H2. The summed E-state index contributed by atoms with van der Waals surface area (Å²) in [6.07, 6.45) is 5.25. The zero-order chi connectivity index (χ0) is 14.7. The highest BCUT2D eigenvalue weighted by molar-refractivity contribution is 5.67. The number of aromatic nitrogens is 4. The quantitative estimate of drug-likeness (QED) is 0.807. The van der Waals surface area contributed by atoms with Gasteiger partial charge in [0.15, 0.2) is 5.82 Å². The van der Waals surface area contributed by atoms with Crippen LogP contribution < -0.4 is 11.5 Å². The Morgan fingerprint density at radius 3 is 2.57 bits per heavy atom. The number of ether oxygens (including phenoxy) is 1. The minimum absolute atomic E-state index is 0.396. The van der Waals surface area contributed by atoms with Crippen LogP contribution >= 0.6 is 0 Å². The first kappa shape index (κ1) is 13.8. The number of anilines is 2. The van der Waals surface area contributed by atoms with Crippen LogP contribution in [0.3, 0.4) is 0 Å². The largest absolute Gasteiger partial charge is 0.399 e. The first-order chi connectivity index (χ1) is 10.2. The van der Waals surface area contributed by atoms with Crippen LogP contribution in [0.1, 0.15) is 25.7 Å². The molecule has 0 radical (unpaired) electrons. The van der Waals surface area contributed by atoms with Crippen molar-refractivity contribution in [2.75, 3.05) is 18.1 Å². The lowest BCUT2D eigenvalue weighted by molar-refractivity contribution is 0.0514. The monoisotopic (exact) mass is 288 g/mol. The van der Waals surface area contributed by atoms with E-state index in [1.54, 1.807) is 10.7 Å². The van der Waals surface area contributed by atoms with E-state index in [4.69, 9.17) is 16.2 Å². The Morgan fingerprint density at radius 2 is 1.86 bits per heavy atom. The van der Waals surface area contributed by atoms with Gasteiger partial charge in [0.1, 0.15) is 0 Å². The van der Waals surface area contributed by atoms with E-state index in [1.807, 2.05) is 12.1 Å². The number of nitrogen functional groups attached to an aromatic ring is 2. The lowest BCUT2D eigenvalue weighted by Crippen LogP contribution is -2.14. The Kier molecular flexibility index (Phi) is 4.01. The summed E-state index contributed by atoms with van der Waals surface area (Å²) in [5, 5.41) is 11.8. The van der Waals surface area contributed by atoms with Crippen molar-refractivity contribution in [3.05, 3.63) is 18.2 Å². The molecule has 1 aliphatic rings. The smallest absolute Gasteiger partial charge is 0.182 e. The fourth-order valence-electron chi connectivity index (χ4n) is 2.73. The van der Waals surface area contributed by atoms with Crippen LogP contribution in [0.25, 0.3) is 11.4 Å². The van der Waals surface area contributed by atoms with E-state index in [0.29, 0.717) is 36.5 Å². The van der Waals surface area contributed by atoms with Gasteiger partial charge in [-0.15, -0.1) is 5.10 Å². The molecule has 3 rings (SSSR count). The van der Waals surface area contributed by atoms with E-state index < -0.39 is 0 Å².